The van der Waals surface area contributed by atoms with Crippen molar-refractivity contribution in [2.45, 2.75) is 26.1 Å². The molecule has 0 heterocycles. The molecule has 0 aliphatic heterocycles. The summed E-state index contributed by atoms with van der Waals surface area (Å²) < 4.78 is 21.8. The number of halogens is 1. The lowest BCUT2D eigenvalue weighted by atomic mass is 10.1. The zero-order chi connectivity index (χ0) is 22.6. The Morgan fingerprint density at radius 3 is 2.16 bits per heavy atom. The molecule has 2 unspecified atom stereocenters. The number of nitrogens with one attached hydrogen (secondary N) is 2. The molecule has 178 valence electrons. The number of rotatable bonds is 11. The van der Waals surface area contributed by atoms with E-state index in [0.717, 1.165) is 0 Å². The molecule has 0 fully saturated rings. The third kappa shape index (κ3) is 8.62. The highest BCUT2D eigenvalue weighted by atomic mass is 127. The molecule has 0 saturated carbocycles. The van der Waals surface area contributed by atoms with Crippen LogP contribution in [0.2, 0.25) is 0 Å². The van der Waals surface area contributed by atoms with E-state index in [1.165, 1.54) is 0 Å². The zero-order valence-electron chi connectivity index (χ0n) is 19.3. The summed E-state index contributed by atoms with van der Waals surface area (Å²) in [6, 6.07) is 12.8. The topological polar surface area (TPSA) is 93.6 Å². The van der Waals surface area contributed by atoms with Crippen molar-refractivity contribution < 1.29 is 24.1 Å². The average molecular weight is 559 g/mol. The maximum absolute atomic E-state index is 10.6. The van der Waals surface area contributed by atoms with Gasteiger partial charge in [0.15, 0.2) is 17.5 Å². The first-order valence-corrected chi connectivity index (χ1v) is 10.2. The first kappa shape index (κ1) is 27.6. The second kappa shape index (κ2) is 14.6. The number of aliphatic hydroxyl groups excluding tert-OH is 1. The van der Waals surface area contributed by atoms with Crippen LogP contribution < -0.4 is 29.6 Å². The maximum atomic E-state index is 10.6. The van der Waals surface area contributed by atoms with Crippen molar-refractivity contribution in [2.24, 2.45) is 4.99 Å². The number of guanidine groups is 1. The minimum atomic E-state index is -0.804. The number of methoxy groups -OCH3 is 3. The summed E-state index contributed by atoms with van der Waals surface area (Å²) >= 11 is 0. The molecule has 0 aliphatic carbocycles. The van der Waals surface area contributed by atoms with Crippen LogP contribution in [-0.4, -0.2) is 58.1 Å². The van der Waals surface area contributed by atoms with Gasteiger partial charge >= 0.3 is 0 Å². The van der Waals surface area contributed by atoms with Crippen molar-refractivity contribution in [3.05, 3.63) is 48.0 Å². The van der Waals surface area contributed by atoms with E-state index in [-0.39, 0.29) is 36.6 Å². The Hall–Kier alpha value is -2.40. The van der Waals surface area contributed by atoms with Crippen molar-refractivity contribution in [3.63, 3.8) is 0 Å². The van der Waals surface area contributed by atoms with Gasteiger partial charge in [0.1, 0.15) is 17.6 Å². The van der Waals surface area contributed by atoms with Gasteiger partial charge in [0, 0.05) is 12.6 Å². The lowest BCUT2D eigenvalue weighted by molar-refractivity contribution is 0.186. The highest BCUT2D eigenvalue weighted by Crippen LogP contribution is 2.27. The molecule has 9 heteroatoms. The van der Waals surface area contributed by atoms with E-state index < -0.39 is 6.10 Å². The Kier molecular flexibility index (Phi) is 12.6. The molecule has 0 amide bonds. The van der Waals surface area contributed by atoms with Crippen molar-refractivity contribution in [3.8, 4) is 23.0 Å². The van der Waals surface area contributed by atoms with Gasteiger partial charge in [-0.1, -0.05) is 12.1 Å². The van der Waals surface area contributed by atoms with Gasteiger partial charge in [-0.05, 0) is 43.7 Å². The fourth-order valence-electron chi connectivity index (χ4n) is 2.86. The van der Waals surface area contributed by atoms with E-state index in [9.17, 15) is 5.11 Å². The largest absolute Gasteiger partial charge is 0.497 e. The summed E-state index contributed by atoms with van der Waals surface area (Å²) in [4.78, 5) is 4.50. The number of aliphatic imine (C=N–C) groups is 1. The molecular weight excluding hydrogens is 525 g/mol. The van der Waals surface area contributed by atoms with E-state index in [1.54, 1.807) is 39.5 Å². The first-order chi connectivity index (χ1) is 15.0. The number of benzene rings is 2. The van der Waals surface area contributed by atoms with E-state index in [0.29, 0.717) is 47.6 Å². The Morgan fingerprint density at radius 1 is 0.969 bits per heavy atom. The zero-order valence-corrected chi connectivity index (χ0v) is 21.6. The molecule has 2 atom stereocenters. The SMILES string of the molecule is CCNC(=NCC(O)c1cc(OC)cc(OC)c1)NCC(C)Oc1ccccc1OC.I. The van der Waals surface area contributed by atoms with E-state index in [4.69, 9.17) is 18.9 Å². The van der Waals surface area contributed by atoms with Gasteiger partial charge < -0.3 is 34.7 Å². The Morgan fingerprint density at radius 2 is 1.59 bits per heavy atom. The van der Waals surface area contributed by atoms with Crippen molar-refractivity contribution in [1.82, 2.24) is 10.6 Å². The highest BCUT2D eigenvalue weighted by Gasteiger charge is 2.13. The maximum Gasteiger partial charge on any atom is 0.191 e. The van der Waals surface area contributed by atoms with Crippen molar-refractivity contribution in [2.75, 3.05) is 41.0 Å². The summed E-state index contributed by atoms with van der Waals surface area (Å²) in [5.74, 6) is 3.19. The summed E-state index contributed by atoms with van der Waals surface area (Å²) in [6.45, 7) is 5.33. The molecule has 8 nitrogen and oxygen atoms in total. The van der Waals surface area contributed by atoms with Gasteiger partial charge in [0.25, 0.3) is 0 Å². The monoisotopic (exact) mass is 559 g/mol. The standard InChI is InChI=1S/C23H33N3O5.HI/c1-6-24-23(25-14-16(2)31-22-10-8-7-9-21(22)30-5)26-15-20(27)17-11-18(28-3)13-19(12-17)29-4;/h7-13,16,20,27H,6,14-15H2,1-5H3,(H2,24,25,26);1H. The van der Waals surface area contributed by atoms with Crippen LogP contribution in [0.4, 0.5) is 0 Å². The van der Waals surface area contributed by atoms with Gasteiger partial charge in [-0.15, -0.1) is 24.0 Å². The summed E-state index contributed by atoms with van der Waals surface area (Å²) in [5, 5.41) is 17.0. The number of aliphatic hydroxyl groups is 1. The lowest BCUT2D eigenvalue weighted by Crippen LogP contribution is -2.42. The third-order valence-corrected chi connectivity index (χ3v) is 4.48. The molecule has 2 aromatic carbocycles. The van der Waals surface area contributed by atoms with E-state index >= 15 is 0 Å². The number of para-hydroxylation sites is 2. The van der Waals surface area contributed by atoms with Crippen LogP contribution in [0.3, 0.4) is 0 Å². The predicted octanol–water partition coefficient (Wildman–Crippen LogP) is 3.39. The van der Waals surface area contributed by atoms with Gasteiger partial charge in [0.05, 0.1) is 40.5 Å². The molecule has 0 spiro atoms. The van der Waals surface area contributed by atoms with Crippen LogP contribution in [0.15, 0.2) is 47.5 Å². The molecule has 0 saturated heterocycles. The summed E-state index contributed by atoms with van der Waals surface area (Å²) in [7, 11) is 4.76. The van der Waals surface area contributed by atoms with Crippen LogP contribution in [0, 0.1) is 0 Å². The number of hydrogen-bond acceptors (Lipinski definition) is 6. The number of ether oxygens (including phenoxy) is 4. The van der Waals surface area contributed by atoms with Crippen LogP contribution in [-0.2, 0) is 0 Å². The molecule has 2 rings (SSSR count). The van der Waals surface area contributed by atoms with Crippen LogP contribution >= 0.6 is 24.0 Å². The van der Waals surface area contributed by atoms with Crippen molar-refractivity contribution in [1.29, 1.82) is 0 Å². The molecular formula is C23H34IN3O5. The fraction of sp³-hybridized carbons (Fsp3) is 0.435. The van der Waals surface area contributed by atoms with Gasteiger partial charge in [-0.25, -0.2) is 0 Å². The normalized spacial score (nSPS) is 12.8. The Labute approximate surface area is 207 Å². The Balaban J connectivity index is 0.00000512. The van der Waals surface area contributed by atoms with E-state index in [2.05, 4.69) is 15.6 Å². The average Bonchev–Trinajstić information content (AvgIpc) is 2.80. The molecule has 0 radical (unpaired) electrons. The third-order valence-electron chi connectivity index (χ3n) is 4.48. The smallest absolute Gasteiger partial charge is 0.191 e. The molecule has 0 bridgehead atoms. The summed E-state index contributed by atoms with van der Waals surface area (Å²) in [6.07, 6.45) is -0.936. The van der Waals surface area contributed by atoms with E-state index in [1.807, 2.05) is 38.1 Å². The first-order valence-electron chi connectivity index (χ1n) is 10.2. The molecule has 0 aromatic heterocycles. The second-order valence-corrected chi connectivity index (χ2v) is 6.84. The number of nitrogens with zero attached hydrogens (tertiary/aromatic N) is 1. The predicted molar refractivity (Wildman–Crippen MR) is 137 cm³/mol. The fourth-order valence-corrected chi connectivity index (χ4v) is 2.86. The van der Waals surface area contributed by atoms with Crippen molar-refractivity contribution >= 4 is 29.9 Å². The molecule has 32 heavy (non-hydrogen) atoms. The van der Waals surface area contributed by atoms with Gasteiger partial charge in [-0.3, -0.25) is 4.99 Å². The summed E-state index contributed by atoms with van der Waals surface area (Å²) in [5.41, 5.74) is 0.670. The quantitative estimate of drug-likeness (QED) is 0.221. The minimum Gasteiger partial charge on any atom is -0.497 e. The number of hydrogen-bond donors (Lipinski definition) is 3. The molecule has 3 N–H and O–H groups in total. The second-order valence-electron chi connectivity index (χ2n) is 6.84. The van der Waals surface area contributed by atoms with Crippen LogP contribution in [0.1, 0.15) is 25.5 Å². The van der Waals surface area contributed by atoms with Gasteiger partial charge in [-0.2, -0.15) is 0 Å². The van der Waals surface area contributed by atoms with Gasteiger partial charge in [0.2, 0.25) is 0 Å². The molecule has 2 aromatic rings. The van der Waals surface area contributed by atoms with Crippen LogP contribution in [0.25, 0.3) is 0 Å². The Bertz CT molecular complexity index is 828. The van der Waals surface area contributed by atoms with Crippen LogP contribution in [0.5, 0.6) is 23.0 Å². The minimum absolute atomic E-state index is 0. The highest BCUT2D eigenvalue weighted by molar-refractivity contribution is 14.0. The lowest BCUT2D eigenvalue weighted by Gasteiger charge is -2.19. The molecule has 0 aliphatic rings.